The van der Waals surface area contributed by atoms with Crippen LogP contribution in [0.4, 0.5) is 15.2 Å². The minimum Gasteiger partial charge on any atom is -0.298 e. The summed E-state index contributed by atoms with van der Waals surface area (Å²) in [6.07, 6.45) is 1.45. The van der Waals surface area contributed by atoms with E-state index in [2.05, 4.69) is 16.9 Å². The van der Waals surface area contributed by atoms with Gasteiger partial charge in [0.2, 0.25) is 0 Å². The van der Waals surface area contributed by atoms with E-state index in [1.165, 1.54) is 42.5 Å². The van der Waals surface area contributed by atoms with Gasteiger partial charge >= 0.3 is 0 Å². The van der Waals surface area contributed by atoms with Gasteiger partial charge in [0.05, 0.1) is 37.9 Å². The number of carbonyl (C=O) groups is 1. The predicted molar refractivity (Wildman–Crippen MR) is 135 cm³/mol. The van der Waals surface area contributed by atoms with Gasteiger partial charge in [0.25, 0.3) is 15.9 Å². The van der Waals surface area contributed by atoms with Crippen molar-refractivity contribution in [1.29, 1.82) is 0 Å². The fourth-order valence-electron chi connectivity index (χ4n) is 3.15. The molecule has 0 aliphatic heterocycles. The first kappa shape index (κ1) is 24.2. The van der Waals surface area contributed by atoms with Gasteiger partial charge in [-0.1, -0.05) is 40.6 Å². The van der Waals surface area contributed by atoms with Crippen molar-refractivity contribution in [3.63, 3.8) is 0 Å². The zero-order valence-corrected chi connectivity index (χ0v) is 20.5. The number of hydrogen-bond acceptors (Lipinski definition) is 5. The number of hydrogen-bond donors (Lipinski definition) is 1. The van der Waals surface area contributed by atoms with E-state index in [-0.39, 0.29) is 27.2 Å². The van der Waals surface area contributed by atoms with Crippen molar-refractivity contribution in [2.75, 3.05) is 16.2 Å². The molecule has 1 aromatic heterocycles. The number of nitrogens with zero attached hydrogens (tertiary/aromatic N) is 2. The molecule has 1 heterocycles. The number of anilines is 2. The number of aromatic nitrogens is 1. The van der Waals surface area contributed by atoms with Gasteiger partial charge in [-0.3, -0.25) is 14.4 Å². The molecule has 0 spiro atoms. The average molecular weight is 536 g/mol. The van der Waals surface area contributed by atoms with E-state index >= 15 is 0 Å². The summed E-state index contributed by atoms with van der Waals surface area (Å²) in [5.74, 6) is -1.07. The van der Waals surface area contributed by atoms with Gasteiger partial charge in [-0.25, -0.2) is 17.8 Å². The summed E-state index contributed by atoms with van der Waals surface area (Å²) < 4.78 is 42.0. The Labute approximate surface area is 209 Å². The van der Waals surface area contributed by atoms with E-state index in [1.54, 1.807) is 24.3 Å². The van der Waals surface area contributed by atoms with Gasteiger partial charge in [0.15, 0.2) is 5.13 Å². The average Bonchev–Trinajstić information content (AvgIpc) is 3.19. The highest BCUT2D eigenvalue weighted by Gasteiger charge is 2.26. The third kappa shape index (κ3) is 4.92. The summed E-state index contributed by atoms with van der Waals surface area (Å²) >= 11 is 13.2. The molecule has 1 N–H and O–H groups in total. The Morgan fingerprint density at radius 1 is 1.12 bits per heavy atom. The van der Waals surface area contributed by atoms with Crippen LogP contribution >= 0.6 is 34.5 Å². The maximum absolute atomic E-state index is 13.4. The third-order valence-electron chi connectivity index (χ3n) is 4.75. The number of fused-ring (bicyclic) bond motifs is 1. The van der Waals surface area contributed by atoms with Crippen LogP contribution in [0.1, 0.15) is 10.4 Å². The van der Waals surface area contributed by atoms with E-state index < -0.39 is 21.7 Å². The van der Waals surface area contributed by atoms with E-state index in [0.717, 1.165) is 15.6 Å². The minimum atomic E-state index is -4.07. The molecule has 0 fully saturated rings. The van der Waals surface area contributed by atoms with Crippen molar-refractivity contribution in [3.8, 4) is 0 Å². The SMILES string of the molecule is C=CCN(c1ccc(Cl)cc1)S(=O)(=O)c1ccc(Cl)c(C(=O)Nc2nc3ccc(F)cc3s2)c1. The number of benzene rings is 3. The highest BCUT2D eigenvalue weighted by Crippen LogP contribution is 2.30. The molecule has 11 heteroatoms. The zero-order chi connectivity index (χ0) is 24.5. The Hall–Kier alpha value is -2.98. The summed E-state index contributed by atoms with van der Waals surface area (Å²) in [6, 6.07) is 14.2. The standard InChI is InChI=1S/C23H16Cl2FN3O3S2/c1-2-11-29(16-6-3-14(24)4-7-16)34(31,32)17-8-9-19(25)18(13-17)22(30)28-23-27-20-10-5-15(26)12-21(20)33-23/h2-10,12-13H,1,11H2,(H,27,28,30). The fourth-order valence-corrected chi connectivity index (χ4v) is 5.83. The third-order valence-corrected chi connectivity index (χ3v) is 8.06. The van der Waals surface area contributed by atoms with Crippen molar-refractivity contribution >= 4 is 71.5 Å². The lowest BCUT2D eigenvalue weighted by Gasteiger charge is -2.23. The van der Waals surface area contributed by atoms with Crippen molar-refractivity contribution in [2.24, 2.45) is 0 Å². The molecule has 0 aliphatic carbocycles. The van der Waals surface area contributed by atoms with Gasteiger partial charge in [-0.15, -0.1) is 6.58 Å². The summed E-state index contributed by atoms with van der Waals surface area (Å²) in [5, 5.41) is 3.35. The summed E-state index contributed by atoms with van der Waals surface area (Å²) in [6.45, 7) is 3.63. The van der Waals surface area contributed by atoms with E-state index in [4.69, 9.17) is 23.2 Å². The van der Waals surface area contributed by atoms with Crippen LogP contribution in [0.5, 0.6) is 0 Å². The van der Waals surface area contributed by atoms with E-state index in [1.807, 2.05) is 0 Å². The van der Waals surface area contributed by atoms with Crippen LogP contribution in [-0.4, -0.2) is 25.9 Å². The normalized spacial score (nSPS) is 11.4. The van der Waals surface area contributed by atoms with Crippen LogP contribution in [0.3, 0.4) is 0 Å². The molecular formula is C23H16Cl2FN3O3S2. The lowest BCUT2D eigenvalue weighted by molar-refractivity contribution is 0.102. The fraction of sp³-hybridized carbons (Fsp3) is 0.0435. The Morgan fingerprint density at radius 3 is 2.56 bits per heavy atom. The molecule has 1 amide bonds. The predicted octanol–water partition coefficient (Wildman–Crippen LogP) is 6.38. The van der Waals surface area contributed by atoms with Gasteiger partial charge in [-0.05, 0) is 60.7 Å². The van der Waals surface area contributed by atoms with E-state index in [0.29, 0.717) is 20.9 Å². The molecule has 0 bridgehead atoms. The molecule has 4 aromatic rings. The number of amides is 1. The van der Waals surface area contributed by atoms with Gasteiger partial charge in [0, 0.05) is 5.02 Å². The first-order valence-electron chi connectivity index (χ1n) is 9.75. The quantitative estimate of drug-likeness (QED) is 0.278. The molecule has 34 heavy (non-hydrogen) atoms. The molecule has 6 nitrogen and oxygen atoms in total. The molecule has 0 aliphatic rings. The highest BCUT2D eigenvalue weighted by molar-refractivity contribution is 7.92. The highest BCUT2D eigenvalue weighted by atomic mass is 35.5. The molecule has 0 saturated heterocycles. The second-order valence-electron chi connectivity index (χ2n) is 7.03. The number of carbonyl (C=O) groups excluding carboxylic acids is 1. The molecule has 0 unspecified atom stereocenters. The monoisotopic (exact) mass is 535 g/mol. The van der Waals surface area contributed by atoms with E-state index in [9.17, 15) is 17.6 Å². The van der Waals surface area contributed by atoms with Gasteiger partial charge in [-0.2, -0.15) is 0 Å². The second kappa shape index (κ2) is 9.71. The Bertz CT molecular complexity index is 1510. The van der Waals surface area contributed by atoms with Crippen molar-refractivity contribution in [2.45, 2.75) is 4.90 Å². The largest absolute Gasteiger partial charge is 0.298 e. The zero-order valence-electron chi connectivity index (χ0n) is 17.3. The number of nitrogens with one attached hydrogen (secondary N) is 1. The lowest BCUT2D eigenvalue weighted by atomic mass is 10.2. The van der Waals surface area contributed by atoms with Gasteiger partial charge in [0.1, 0.15) is 5.82 Å². The second-order valence-corrected chi connectivity index (χ2v) is 10.8. The van der Waals surface area contributed by atoms with Crippen LogP contribution in [-0.2, 0) is 10.0 Å². The first-order chi connectivity index (χ1) is 16.2. The summed E-state index contributed by atoms with van der Waals surface area (Å²) in [5.41, 5.74) is 0.849. The van der Waals surface area contributed by atoms with Crippen LogP contribution in [0.15, 0.2) is 78.2 Å². The van der Waals surface area contributed by atoms with Crippen molar-refractivity contribution in [1.82, 2.24) is 4.98 Å². The van der Waals surface area contributed by atoms with Crippen LogP contribution < -0.4 is 9.62 Å². The molecule has 0 saturated carbocycles. The minimum absolute atomic E-state index is 0.00359. The first-order valence-corrected chi connectivity index (χ1v) is 12.8. The Balaban J connectivity index is 1.67. The maximum Gasteiger partial charge on any atom is 0.264 e. The van der Waals surface area contributed by atoms with Gasteiger partial charge < -0.3 is 0 Å². The van der Waals surface area contributed by atoms with Crippen molar-refractivity contribution < 1.29 is 17.6 Å². The molecule has 174 valence electrons. The molecular weight excluding hydrogens is 520 g/mol. The number of halogens is 3. The maximum atomic E-state index is 13.4. The molecule has 0 atom stereocenters. The Morgan fingerprint density at radius 2 is 1.85 bits per heavy atom. The molecule has 3 aromatic carbocycles. The number of thiazole rings is 1. The summed E-state index contributed by atoms with van der Waals surface area (Å²) in [4.78, 5) is 17.0. The molecule has 0 radical (unpaired) electrons. The smallest absolute Gasteiger partial charge is 0.264 e. The number of sulfonamides is 1. The van der Waals surface area contributed by atoms with Crippen LogP contribution in [0, 0.1) is 5.82 Å². The molecule has 4 rings (SSSR count). The van der Waals surface area contributed by atoms with Crippen LogP contribution in [0.25, 0.3) is 10.2 Å². The lowest BCUT2D eigenvalue weighted by Crippen LogP contribution is -2.31. The number of rotatable bonds is 7. The Kier molecular flexibility index (Phi) is 6.90. The van der Waals surface area contributed by atoms with Crippen LogP contribution in [0.2, 0.25) is 10.0 Å². The van der Waals surface area contributed by atoms with Crippen molar-refractivity contribution in [3.05, 3.63) is 94.7 Å². The topological polar surface area (TPSA) is 79.4 Å². The summed E-state index contributed by atoms with van der Waals surface area (Å²) in [7, 11) is -4.07.